The van der Waals surface area contributed by atoms with Gasteiger partial charge in [-0.05, 0) is 50.9 Å². The maximum Gasteiger partial charge on any atom is 0.310 e. The molecule has 1 spiro atoms. The van der Waals surface area contributed by atoms with E-state index in [1.54, 1.807) is 29.7 Å². The lowest BCUT2D eigenvalue weighted by Crippen LogP contribution is -2.63. The van der Waals surface area contributed by atoms with Crippen molar-refractivity contribution in [3.63, 3.8) is 0 Å². The molecule has 2 bridgehead atoms. The van der Waals surface area contributed by atoms with E-state index in [0.717, 1.165) is 19.3 Å². The number of nitrogens with zero attached hydrogens (tertiary/aromatic N) is 2. The zero-order chi connectivity index (χ0) is 28.8. The molecule has 8 atom stereocenters. The summed E-state index contributed by atoms with van der Waals surface area (Å²) in [5, 5.41) is 10.5. The summed E-state index contributed by atoms with van der Waals surface area (Å²) < 4.78 is 4.73. The van der Waals surface area contributed by atoms with Crippen molar-refractivity contribution in [3.8, 4) is 0 Å². The minimum absolute atomic E-state index is 0.0107. The summed E-state index contributed by atoms with van der Waals surface area (Å²) >= 11 is 1.65. The Morgan fingerprint density at radius 1 is 1.29 bits per heavy atom. The van der Waals surface area contributed by atoms with Crippen molar-refractivity contribution in [2.45, 2.75) is 109 Å². The van der Waals surface area contributed by atoms with Crippen molar-refractivity contribution >= 4 is 29.5 Å². The van der Waals surface area contributed by atoms with Gasteiger partial charge in [-0.25, -0.2) is 0 Å². The summed E-state index contributed by atoms with van der Waals surface area (Å²) in [6.45, 7) is 22.9. The van der Waals surface area contributed by atoms with E-state index in [2.05, 4.69) is 48.1 Å². The van der Waals surface area contributed by atoms with Gasteiger partial charge in [-0.3, -0.25) is 14.4 Å². The molecule has 3 aliphatic rings. The van der Waals surface area contributed by atoms with E-state index in [0.29, 0.717) is 6.54 Å². The molecule has 0 aromatic rings. The van der Waals surface area contributed by atoms with E-state index in [1.807, 2.05) is 18.7 Å². The first-order valence-electron chi connectivity index (χ1n) is 14.3. The molecule has 3 unspecified atom stereocenters. The van der Waals surface area contributed by atoms with E-state index in [9.17, 15) is 19.5 Å². The summed E-state index contributed by atoms with van der Waals surface area (Å²) in [6, 6.07) is -1.28. The Balaban J connectivity index is 2.20. The normalized spacial score (nSPS) is 32.2. The lowest BCUT2D eigenvalue weighted by molar-refractivity contribution is -0.155. The summed E-state index contributed by atoms with van der Waals surface area (Å²) in [4.78, 5) is 46.1. The van der Waals surface area contributed by atoms with E-state index in [1.165, 1.54) is 0 Å². The van der Waals surface area contributed by atoms with Crippen LogP contribution in [0.3, 0.4) is 0 Å². The average Bonchev–Trinajstić information content (AvgIpc) is 3.40. The van der Waals surface area contributed by atoms with Gasteiger partial charge in [-0.1, -0.05) is 54.0 Å². The van der Waals surface area contributed by atoms with Crippen LogP contribution in [-0.2, 0) is 19.1 Å². The van der Waals surface area contributed by atoms with Crippen molar-refractivity contribution in [3.05, 3.63) is 12.7 Å². The molecule has 0 aliphatic carbocycles. The fraction of sp³-hybridized carbons (Fsp3) is 0.833. The lowest BCUT2D eigenvalue weighted by Gasteiger charge is -2.48. The van der Waals surface area contributed by atoms with Gasteiger partial charge in [0.2, 0.25) is 11.8 Å². The zero-order valence-electron chi connectivity index (χ0n) is 25.0. The van der Waals surface area contributed by atoms with Gasteiger partial charge in [0, 0.05) is 17.3 Å². The number of aliphatic hydroxyl groups is 1. The molecule has 216 valence electrons. The third-order valence-electron chi connectivity index (χ3n) is 9.09. The Kier molecular flexibility index (Phi) is 9.09. The van der Waals surface area contributed by atoms with Gasteiger partial charge >= 0.3 is 5.97 Å². The third-order valence-corrected chi connectivity index (χ3v) is 11.2. The molecule has 0 saturated carbocycles. The van der Waals surface area contributed by atoms with Gasteiger partial charge < -0.3 is 19.6 Å². The predicted octanol–water partition coefficient (Wildman–Crippen LogP) is 4.52. The standard InChI is InChI=1S/C30H50N2O5S/c1-11-14-31(29(9,10)17-28(6,7)8)26(35)24-30-19(5)15-21(38-30)22(27(36)37-13-3)23(30)25(34)32(24)20(16-33)18(4)12-2/h11,18-24,33H,1,12-17H2,2-10H3/t18-,19?,20-,21+,22-,23-,24?,30?/m0/s1. The molecule has 7 nitrogen and oxygen atoms in total. The summed E-state index contributed by atoms with van der Waals surface area (Å²) in [6.07, 6.45) is 4.03. The quantitative estimate of drug-likeness (QED) is 0.301. The molecule has 0 aromatic carbocycles. The van der Waals surface area contributed by atoms with Crippen LogP contribution in [0.1, 0.15) is 81.6 Å². The number of esters is 1. The molecule has 3 saturated heterocycles. The molecule has 3 aliphatic heterocycles. The summed E-state index contributed by atoms with van der Waals surface area (Å²) in [7, 11) is 0. The van der Waals surface area contributed by atoms with E-state index in [4.69, 9.17) is 4.74 Å². The number of hydrogen-bond acceptors (Lipinski definition) is 6. The van der Waals surface area contributed by atoms with Crippen LogP contribution >= 0.6 is 11.8 Å². The van der Waals surface area contributed by atoms with Gasteiger partial charge in [-0.2, -0.15) is 0 Å². The van der Waals surface area contributed by atoms with Crippen LogP contribution in [0, 0.1) is 29.1 Å². The Hall–Kier alpha value is -1.54. The number of likely N-dealkylation sites (tertiary alicyclic amines) is 1. The Morgan fingerprint density at radius 2 is 1.92 bits per heavy atom. The Morgan fingerprint density at radius 3 is 2.42 bits per heavy atom. The monoisotopic (exact) mass is 550 g/mol. The zero-order valence-corrected chi connectivity index (χ0v) is 25.8. The van der Waals surface area contributed by atoms with Crippen LogP contribution in [-0.4, -0.2) is 80.1 Å². The molecule has 3 heterocycles. The van der Waals surface area contributed by atoms with Crippen molar-refractivity contribution in [1.82, 2.24) is 9.80 Å². The number of hydrogen-bond donors (Lipinski definition) is 1. The first kappa shape index (κ1) is 31.0. The highest BCUT2D eigenvalue weighted by Gasteiger charge is 2.77. The van der Waals surface area contributed by atoms with E-state index >= 15 is 0 Å². The molecule has 8 heteroatoms. The third kappa shape index (κ3) is 5.04. The van der Waals surface area contributed by atoms with Crippen molar-refractivity contribution < 1.29 is 24.2 Å². The van der Waals surface area contributed by atoms with Gasteiger partial charge in [0.05, 0.1) is 35.8 Å². The Bertz CT molecular complexity index is 930. The minimum Gasteiger partial charge on any atom is -0.466 e. The minimum atomic E-state index is -0.769. The average molecular weight is 551 g/mol. The molecule has 1 N–H and O–H groups in total. The molecular formula is C30H50N2O5S. The number of carbonyl (C=O) groups excluding carboxylic acids is 3. The van der Waals surface area contributed by atoms with E-state index in [-0.39, 0.29) is 53.5 Å². The molecular weight excluding hydrogens is 500 g/mol. The second kappa shape index (κ2) is 11.1. The Labute approximate surface area is 234 Å². The van der Waals surface area contributed by atoms with E-state index < -0.39 is 34.2 Å². The van der Waals surface area contributed by atoms with Gasteiger partial charge in [0.15, 0.2) is 0 Å². The highest BCUT2D eigenvalue weighted by molar-refractivity contribution is 8.02. The second-order valence-electron chi connectivity index (χ2n) is 13.5. The first-order chi connectivity index (χ1) is 17.6. The smallest absolute Gasteiger partial charge is 0.310 e. The van der Waals surface area contributed by atoms with Crippen molar-refractivity contribution in [1.29, 1.82) is 0 Å². The summed E-state index contributed by atoms with van der Waals surface area (Å²) in [5.41, 5.74) is -0.522. The molecule has 0 radical (unpaired) electrons. The van der Waals surface area contributed by atoms with Crippen LogP contribution in [0.4, 0.5) is 0 Å². The molecule has 38 heavy (non-hydrogen) atoms. The number of fused-ring (bicyclic) bond motifs is 1. The molecule has 3 rings (SSSR count). The summed E-state index contributed by atoms with van der Waals surface area (Å²) in [5.74, 6) is -1.80. The highest BCUT2D eigenvalue weighted by Crippen LogP contribution is 2.69. The van der Waals surface area contributed by atoms with Crippen LogP contribution in [0.25, 0.3) is 0 Å². The van der Waals surface area contributed by atoms with Crippen LogP contribution in [0.5, 0.6) is 0 Å². The van der Waals surface area contributed by atoms with Gasteiger partial charge in [0.1, 0.15) is 6.04 Å². The maximum absolute atomic E-state index is 14.9. The van der Waals surface area contributed by atoms with Crippen molar-refractivity contribution in [2.75, 3.05) is 19.8 Å². The number of carbonyl (C=O) groups is 3. The van der Waals surface area contributed by atoms with Crippen LogP contribution in [0.2, 0.25) is 0 Å². The molecule has 3 fully saturated rings. The molecule has 0 aromatic heterocycles. The SMILES string of the molecule is C=CCN(C(=O)C1N([C@@H](CO)[C@@H](C)CC)C(=O)[C@@H]2[C@@H](C(=O)OCC)[C@H]3CC(C)C12S3)C(C)(C)CC(C)(C)C. The number of amides is 2. The number of aliphatic hydroxyl groups excluding tert-OH is 1. The highest BCUT2D eigenvalue weighted by atomic mass is 32.2. The number of rotatable bonds is 11. The van der Waals surface area contributed by atoms with Gasteiger partial charge in [0.25, 0.3) is 0 Å². The van der Waals surface area contributed by atoms with Gasteiger partial charge in [-0.15, -0.1) is 18.3 Å². The van der Waals surface area contributed by atoms with Crippen LogP contribution in [0.15, 0.2) is 12.7 Å². The molecule has 2 amide bonds. The number of thioether (sulfide) groups is 1. The fourth-order valence-corrected chi connectivity index (χ4v) is 10.1. The topological polar surface area (TPSA) is 87.2 Å². The predicted molar refractivity (Wildman–Crippen MR) is 153 cm³/mol. The second-order valence-corrected chi connectivity index (χ2v) is 15.0. The number of ether oxygens (including phenoxy) is 1. The first-order valence-corrected chi connectivity index (χ1v) is 15.2. The maximum atomic E-state index is 14.9. The van der Waals surface area contributed by atoms with Crippen molar-refractivity contribution in [2.24, 2.45) is 29.1 Å². The fourth-order valence-electron chi connectivity index (χ4n) is 7.72. The van der Waals surface area contributed by atoms with Crippen LogP contribution < -0.4 is 0 Å². The lowest BCUT2D eigenvalue weighted by atomic mass is 9.66. The largest absolute Gasteiger partial charge is 0.466 e.